The summed E-state index contributed by atoms with van der Waals surface area (Å²) in [5, 5.41) is 10.5. The van der Waals surface area contributed by atoms with E-state index in [9.17, 15) is 28.8 Å². The summed E-state index contributed by atoms with van der Waals surface area (Å²) in [4.78, 5) is 86.0. The van der Waals surface area contributed by atoms with Crippen molar-refractivity contribution in [3.05, 3.63) is 24.3 Å². The second-order valence-electron chi connectivity index (χ2n) is 11.3. The van der Waals surface area contributed by atoms with Crippen molar-refractivity contribution in [3.8, 4) is 0 Å². The number of nitrogens with one attached hydrogen (secondary N) is 4. The highest BCUT2D eigenvalue weighted by Gasteiger charge is 2.43. The van der Waals surface area contributed by atoms with Gasteiger partial charge in [0.25, 0.3) is 11.8 Å². The van der Waals surface area contributed by atoms with Crippen LogP contribution in [0, 0.1) is 5.41 Å². The molecule has 1 aromatic heterocycles. The minimum Gasteiger partial charge on any atom is -0.347 e. The Morgan fingerprint density at radius 3 is 2.38 bits per heavy atom. The smallest absolute Gasteiger partial charge is 0.289 e. The SMILES string of the molecule is CCCC(NC(=O)C1CCCN1C(=O)C(NC(=O)CNC(=O)c1cnccn1)C(C)(C)C)C(=O)C(=O)NC1CC1. The molecule has 2 fully saturated rings. The minimum absolute atomic E-state index is 0.0160. The van der Waals surface area contributed by atoms with Crippen molar-refractivity contribution in [2.75, 3.05) is 13.1 Å². The van der Waals surface area contributed by atoms with Crippen LogP contribution in [0.3, 0.4) is 0 Å². The van der Waals surface area contributed by atoms with Crippen LogP contribution in [0.25, 0.3) is 0 Å². The van der Waals surface area contributed by atoms with Crippen LogP contribution in [-0.2, 0) is 24.0 Å². The van der Waals surface area contributed by atoms with Crippen LogP contribution in [0.15, 0.2) is 18.6 Å². The van der Waals surface area contributed by atoms with E-state index >= 15 is 0 Å². The molecule has 1 aliphatic carbocycles. The van der Waals surface area contributed by atoms with Crippen LogP contribution < -0.4 is 21.3 Å². The first-order valence-electron chi connectivity index (χ1n) is 13.7. The lowest BCUT2D eigenvalue weighted by atomic mass is 9.85. The zero-order chi connectivity index (χ0) is 29.4. The van der Waals surface area contributed by atoms with E-state index in [-0.39, 0.29) is 18.3 Å². The topological polar surface area (TPSA) is 180 Å². The molecule has 13 heteroatoms. The van der Waals surface area contributed by atoms with E-state index in [1.54, 1.807) is 20.8 Å². The van der Waals surface area contributed by atoms with E-state index in [4.69, 9.17) is 0 Å². The maximum absolute atomic E-state index is 13.7. The van der Waals surface area contributed by atoms with Crippen molar-refractivity contribution < 1.29 is 28.8 Å². The van der Waals surface area contributed by atoms with E-state index < -0.39 is 58.9 Å². The molecule has 3 rings (SSSR count). The van der Waals surface area contributed by atoms with E-state index in [2.05, 4.69) is 31.2 Å². The highest BCUT2D eigenvalue weighted by molar-refractivity contribution is 6.38. The number of rotatable bonds is 12. The molecular weight excluding hydrogens is 518 g/mol. The molecule has 3 unspecified atom stereocenters. The monoisotopic (exact) mass is 557 g/mol. The highest BCUT2D eigenvalue weighted by Crippen LogP contribution is 2.26. The van der Waals surface area contributed by atoms with Gasteiger partial charge in [-0.05, 0) is 37.5 Å². The highest BCUT2D eigenvalue weighted by atomic mass is 16.2. The zero-order valence-corrected chi connectivity index (χ0v) is 23.5. The predicted molar refractivity (Wildman–Crippen MR) is 143 cm³/mol. The molecule has 1 aliphatic heterocycles. The molecule has 0 radical (unpaired) electrons. The average Bonchev–Trinajstić information content (AvgIpc) is 3.59. The molecule has 40 heavy (non-hydrogen) atoms. The van der Waals surface area contributed by atoms with E-state index in [0.717, 1.165) is 12.8 Å². The molecule has 218 valence electrons. The second kappa shape index (κ2) is 13.4. The fourth-order valence-electron chi connectivity index (χ4n) is 4.46. The van der Waals surface area contributed by atoms with Gasteiger partial charge in [0, 0.05) is 25.0 Å². The van der Waals surface area contributed by atoms with Gasteiger partial charge in [-0.15, -0.1) is 0 Å². The summed E-state index contributed by atoms with van der Waals surface area (Å²) >= 11 is 0. The molecule has 0 aromatic carbocycles. The number of amides is 5. The number of ketones is 1. The summed E-state index contributed by atoms with van der Waals surface area (Å²) < 4.78 is 0. The van der Waals surface area contributed by atoms with E-state index in [0.29, 0.717) is 32.2 Å². The molecule has 1 saturated heterocycles. The Morgan fingerprint density at radius 1 is 1.05 bits per heavy atom. The first kappa shape index (κ1) is 30.6. The Bertz CT molecular complexity index is 1120. The van der Waals surface area contributed by atoms with Crippen LogP contribution in [0.2, 0.25) is 0 Å². The van der Waals surface area contributed by atoms with Crippen molar-refractivity contribution >= 4 is 35.3 Å². The standard InChI is InChI=1S/C27H39N7O6/c1-5-7-17(21(36)25(39)31-16-9-10-16)32-24(38)19-8-6-13-34(19)26(40)22(27(2,3)4)33-20(35)15-30-23(37)18-14-28-11-12-29-18/h11-12,14,16-17,19,22H,5-10,13,15H2,1-4H3,(H,30,37)(H,31,39)(H,32,38)(H,33,35). The summed E-state index contributed by atoms with van der Waals surface area (Å²) in [7, 11) is 0. The Hall–Kier alpha value is -3.90. The number of nitrogens with zero attached hydrogens (tertiary/aromatic N) is 3. The summed E-state index contributed by atoms with van der Waals surface area (Å²) in [6.07, 6.45) is 7.54. The Morgan fingerprint density at radius 2 is 1.77 bits per heavy atom. The quantitative estimate of drug-likeness (QED) is 0.256. The van der Waals surface area contributed by atoms with E-state index in [1.165, 1.54) is 23.5 Å². The first-order valence-corrected chi connectivity index (χ1v) is 13.7. The van der Waals surface area contributed by atoms with Crippen LogP contribution in [0.1, 0.15) is 76.7 Å². The molecule has 5 amide bonds. The zero-order valence-electron chi connectivity index (χ0n) is 23.5. The number of hydrogen-bond acceptors (Lipinski definition) is 8. The van der Waals surface area contributed by atoms with Crippen LogP contribution in [-0.4, -0.2) is 87.4 Å². The van der Waals surface area contributed by atoms with Gasteiger partial charge in [-0.1, -0.05) is 34.1 Å². The lowest BCUT2D eigenvalue weighted by molar-refractivity contribution is -0.145. The third-order valence-electron chi connectivity index (χ3n) is 6.81. The van der Waals surface area contributed by atoms with Crippen molar-refractivity contribution in [2.24, 2.45) is 5.41 Å². The number of carbonyl (C=O) groups is 6. The third kappa shape index (κ3) is 8.30. The minimum atomic E-state index is -0.987. The molecule has 0 bridgehead atoms. The second-order valence-corrected chi connectivity index (χ2v) is 11.3. The molecule has 13 nitrogen and oxygen atoms in total. The van der Waals surface area contributed by atoms with E-state index in [1.807, 2.05) is 6.92 Å². The van der Waals surface area contributed by atoms with Gasteiger partial charge in [-0.25, -0.2) is 4.98 Å². The number of hydrogen-bond donors (Lipinski definition) is 4. The molecule has 3 atom stereocenters. The van der Waals surface area contributed by atoms with Crippen LogP contribution in [0.5, 0.6) is 0 Å². The van der Waals surface area contributed by atoms with Crippen LogP contribution >= 0.6 is 0 Å². The maximum atomic E-state index is 13.7. The predicted octanol–water partition coefficient (Wildman–Crippen LogP) is -0.139. The Kier molecular flexibility index (Phi) is 10.3. The Balaban J connectivity index is 1.64. The van der Waals surface area contributed by atoms with Gasteiger partial charge >= 0.3 is 0 Å². The maximum Gasteiger partial charge on any atom is 0.289 e. The molecule has 2 aliphatic rings. The van der Waals surface area contributed by atoms with Gasteiger partial charge in [0.2, 0.25) is 23.5 Å². The first-order chi connectivity index (χ1) is 18.9. The van der Waals surface area contributed by atoms with Gasteiger partial charge in [0.1, 0.15) is 17.8 Å². The molecule has 4 N–H and O–H groups in total. The number of aromatic nitrogens is 2. The fraction of sp³-hybridized carbons (Fsp3) is 0.630. The third-order valence-corrected chi connectivity index (χ3v) is 6.81. The molecule has 1 aromatic rings. The number of carbonyl (C=O) groups excluding carboxylic acids is 6. The van der Waals surface area contributed by atoms with Crippen molar-refractivity contribution in [3.63, 3.8) is 0 Å². The summed E-state index contributed by atoms with van der Waals surface area (Å²) in [5.41, 5.74) is -0.665. The van der Waals surface area contributed by atoms with Crippen molar-refractivity contribution in [2.45, 2.75) is 90.4 Å². The molecular formula is C27H39N7O6. The van der Waals surface area contributed by atoms with Crippen LogP contribution in [0.4, 0.5) is 0 Å². The molecule has 1 saturated carbocycles. The normalized spacial score (nSPS) is 18.3. The summed E-state index contributed by atoms with van der Waals surface area (Å²) in [6.45, 7) is 7.12. The largest absolute Gasteiger partial charge is 0.347 e. The number of likely N-dealkylation sites (tertiary alicyclic amines) is 1. The van der Waals surface area contributed by atoms with Crippen molar-refractivity contribution in [1.82, 2.24) is 36.1 Å². The lowest BCUT2D eigenvalue weighted by Crippen LogP contribution is -2.59. The average molecular weight is 558 g/mol. The molecule has 2 heterocycles. The van der Waals surface area contributed by atoms with Gasteiger partial charge < -0.3 is 26.2 Å². The Labute approximate surface area is 233 Å². The van der Waals surface area contributed by atoms with Gasteiger partial charge in [-0.3, -0.25) is 33.8 Å². The summed E-state index contributed by atoms with van der Waals surface area (Å²) in [6, 6.07) is -2.80. The fourth-order valence-corrected chi connectivity index (χ4v) is 4.46. The van der Waals surface area contributed by atoms with Gasteiger partial charge in [-0.2, -0.15) is 0 Å². The van der Waals surface area contributed by atoms with Gasteiger partial charge in [0.05, 0.1) is 18.8 Å². The lowest BCUT2D eigenvalue weighted by Gasteiger charge is -2.35. The molecule has 0 spiro atoms. The van der Waals surface area contributed by atoms with Crippen molar-refractivity contribution in [1.29, 1.82) is 0 Å². The number of Topliss-reactive ketones (excluding diaryl/α,β-unsaturated/α-hetero) is 1. The summed E-state index contributed by atoms with van der Waals surface area (Å²) in [5.74, 6) is -3.51. The van der Waals surface area contributed by atoms with Gasteiger partial charge in [0.15, 0.2) is 0 Å².